The van der Waals surface area contributed by atoms with E-state index in [1.54, 1.807) is 26.2 Å². The first-order valence-corrected chi connectivity index (χ1v) is 9.61. The molecule has 1 heterocycles. The number of nitrogens with zero attached hydrogens (tertiary/aromatic N) is 1. The van der Waals surface area contributed by atoms with Crippen molar-refractivity contribution in [3.05, 3.63) is 65.6 Å². The maximum atomic E-state index is 10.5. The van der Waals surface area contributed by atoms with E-state index in [2.05, 4.69) is 4.90 Å². The smallest absolute Gasteiger partial charge is 0.294 e. The molecule has 0 spiro atoms. The third-order valence-corrected chi connectivity index (χ3v) is 4.34. The molecule has 6 nitrogen and oxygen atoms in total. The van der Waals surface area contributed by atoms with Crippen molar-refractivity contribution >= 4 is 10.1 Å². The van der Waals surface area contributed by atoms with Gasteiger partial charge in [0.2, 0.25) is 0 Å². The van der Waals surface area contributed by atoms with Crippen LogP contribution in [0.4, 0.5) is 0 Å². The highest BCUT2D eigenvalue weighted by Crippen LogP contribution is 2.14. The number of hydrogen-bond donors (Lipinski definition) is 2. The van der Waals surface area contributed by atoms with E-state index < -0.39 is 10.1 Å². The normalized spacial score (nSPS) is 15.7. The van der Waals surface area contributed by atoms with Gasteiger partial charge in [0.05, 0.1) is 18.1 Å². The Morgan fingerprint density at radius 2 is 1.92 bits per heavy atom. The number of allylic oxidation sites excluding steroid dienone is 1. The number of aliphatic hydroxyl groups is 1. The monoisotopic (exact) mass is 381 g/mol. The molecule has 0 saturated carbocycles. The number of ether oxygens (including phenoxy) is 1. The molecule has 0 aromatic heterocycles. The van der Waals surface area contributed by atoms with Crippen LogP contribution in [0.5, 0.6) is 0 Å². The quantitative estimate of drug-likeness (QED) is 0.763. The van der Waals surface area contributed by atoms with Crippen LogP contribution in [-0.2, 0) is 14.9 Å². The van der Waals surface area contributed by atoms with E-state index in [1.807, 2.05) is 38.4 Å². The summed E-state index contributed by atoms with van der Waals surface area (Å²) in [5.41, 5.74) is 2.15. The molecule has 1 aliphatic rings. The van der Waals surface area contributed by atoms with Crippen LogP contribution in [0.1, 0.15) is 18.9 Å². The summed E-state index contributed by atoms with van der Waals surface area (Å²) in [5, 5.41) is 9.11. The minimum Gasteiger partial charge on any atom is -0.495 e. The molecule has 1 aromatic rings. The number of methoxy groups -OCH3 is 1. The standard InChI is InChI=1S/C12H19NO2.C7H8O3S/c1-10(14)5-4-6-11-7-12(15-3)9-13(2)8-11;1-6-2-4-7(5-3-6)11(8,9)10/h4,6-7,9-10,14H,5,8H2,1-3H3;2-5H,1H3,(H,8,9,10). The maximum Gasteiger partial charge on any atom is 0.294 e. The molecule has 2 rings (SSSR count). The molecular weight excluding hydrogens is 354 g/mol. The lowest BCUT2D eigenvalue weighted by Crippen LogP contribution is -2.18. The topological polar surface area (TPSA) is 87.1 Å². The molecule has 0 fully saturated rings. The molecular formula is C19H27NO5S. The summed E-state index contributed by atoms with van der Waals surface area (Å²) in [6, 6.07) is 5.99. The fraction of sp³-hybridized carbons (Fsp3) is 0.368. The van der Waals surface area contributed by atoms with Crippen LogP contribution in [0.2, 0.25) is 0 Å². The second-order valence-corrected chi connectivity index (χ2v) is 7.57. The Bertz CT molecular complexity index is 762. The lowest BCUT2D eigenvalue weighted by Gasteiger charge is -2.20. The molecule has 0 saturated heterocycles. The molecule has 0 bridgehead atoms. The lowest BCUT2D eigenvalue weighted by molar-refractivity contribution is 0.198. The summed E-state index contributed by atoms with van der Waals surface area (Å²) in [6.45, 7) is 4.50. The summed E-state index contributed by atoms with van der Waals surface area (Å²) in [4.78, 5) is 2.00. The van der Waals surface area contributed by atoms with Gasteiger partial charge in [-0.15, -0.1) is 0 Å². The van der Waals surface area contributed by atoms with Gasteiger partial charge in [-0.25, -0.2) is 0 Å². The highest BCUT2D eigenvalue weighted by molar-refractivity contribution is 7.85. The predicted molar refractivity (Wildman–Crippen MR) is 102 cm³/mol. The summed E-state index contributed by atoms with van der Waals surface area (Å²) in [5.74, 6) is 0.862. The predicted octanol–water partition coefficient (Wildman–Crippen LogP) is 2.91. The third kappa shape index (κ3) is 8.33. The second-order valence-electron chi connectivity index (χ2n) is 6.15. The first kappa shape index (κ1) is 22.0. The van der Waals surface area contributed by atoms with Crippen molar-refractivity contribution < 1.29 is 22.8 Å². The van der Waals surface area contributed by atoms with Gasteiger partial charge in [0.1, 0.15) is 5.76 Å². The van der Waals surface area contributed by atoms with E-state index in [-0.39, 0.29) is 11.0 Å². The van der Waals surface area contributed by atoms with Gasteiger partial charge in [-0.1, -0.05) is 29.8 Å². The maximum absolute atomic E-state index is 10.5. The van der Waals surface area contributed by atoms with Gasteiger partial charge in [-0.3, -0.25) is 4.55 Å². The number of likely N-dealkylation sites (N-methyl/N-ethyl adjacent to an activating group) is 1. The van der Waals surface area contributed by atoms with Gasteiger partial charge in [-0.2, -0.15) is 8.42 Å². The molecule has 144 valence electrons. The summed E-state index contributed by atoms with van der Waals surface area (Å²) in [6.07, 6.45) is 8.41. The van der Waals surface area contributed by atoms with Gasteiger partial charge in [0, 0.05) is 19.8 Å². The highest BCUT2D eigenvalue weighted by Gasteiger charge is 2.07. The average molecular weight is 381 g/mol. The van der Waals surface area contributed by atoms with E-state index in [4.69, 9.17) is 14.4 Å². The number of hydrogen-bond acceptors (Lipinski definition) is 5. The van der Waals surface area contributed by atoms with E-state index in [1.165, 1.54) is 17.7 Å². The molecule has 0 amide bonds. The fourth-order valence-electron chi connectivity index (χ4n) is 2.16. The Balaban J connectivity index is 0.000000273. The average Bonchev–Trinajstić information content (AvgIpc) is 2.54. The molecule has 26 heavy (non-hydrogen) atoms. The van der Waals surface area contributed by atoms with E-state index in [0.717, 1.165) is 17.9 Å². The number of aliphatic hydroxyl groups excluding tert-OH is 1. The van der Waals surface area contributed by atoms with Crippen LogP contribution in [0, 0.1) is 6.92 Å². The van der Waals surface area contributed by atoms with Gasteiger partial charge in [-0.05, 0) is 44.1 Å². The largest absolute Gasteiger partial charge is 0.495 e. The summed E-state index contributed by atoms with van der Waals surface area (Å²) >= 11 is 0. The molecule has 0 radical (unpaired) electrons. The van der Waals surface area contributed by atoms with Crippen molar-refractivity contribution in [3.8, 4) is 0 Å². The molecule has 7 heteroatoms. The molecule has 2 N–H and O–H groups in total. The van der Waals surface area contributed by atoms with Crippen LogP contribution in [0.25, 0.3) is 0 Å². The highest BCUT2D eigenvalue weighted by atomic mass is 32.2. The van der Waals surface area contributed by atoms with E-state index in [9.17, 15) is 8.42 Å². The minimum absolute atomic E-state index is 0.0666. The minimum atomic E-state index is -4.02. The molecule has 1 atom stereocenters. The Labute approximate surface area is 155 Å². The number of benzene rings is 1. The van der Waals surface area contributed by atoms with Crippen molar-refractivity contribution in [2.24, 2.45) is 0 Å². The van der Waals surface area contributed by atoms with Crippen LogP contribution < -0.4 is 0 Å². The first-order chi connectivity index (χ1) is 12.1. The van der Waals surface area contributed by atoms with Gasteiger partial charge >= 0.3 is 0 Å². The molecule has 1 aliphatic heterocycles. The Hall–Kier alpha value is -2.09. The Morgan fingerprint density at radius 3 is 2.42 bits per heavy atom. The van der Waals surface area contributed by atoms with Crippen molar-refractivity contribution in [3.63, 3.8) is 0 Å². The van der Waals surface area contributed by atoms with E-state index >= 15 is 0 Å². The zero-order chi connectivity index (χ0) is 19.7. The molecule has 1 aromatic carbocycles. The van der Waals surface area contributed by atoms with Crippen molar-refractivity contribution in [1.82, 2.24) is 4.90 Å². The first-order valence-electron chi connectivity index (χ1n) is 8.17. The van der Waals surface area contributed by atoms with Crippen LogP contribution in [0.15, 0.2) is 64.9 Å². The number of rotatable bonds is 5. The van der Waals surface area contributed by atoms with Gasteiger partial charge < -0.3 is 14.7 Å². The van der Waals surface area contributed by atoms with Crippen molar-refractivity contribution in [1.29, 1.82) is 0 Å². The van der Waals surface area contributed by atoms with Crippen LogP contribution >= 0.6 is 0 Å². The molecule has 0 aliphatic carbocycles. The molecule has 1 unspecified atom stereocenters. The zero-order valence-corrected chi connectivity index (χ0v) is 16.4. The third-order valence-electron chi connectivity index (χ3n) is 3.47. The lowest BCUT2D eigenvalue weighted by atomic mass is 10.1. The number of aryl methyl sites for hydroxylation is 1. The van der Waals surface area contributed by atoms with Crippen LogP contribution in [0.3, 0.4) is 0 Å². The van der Waals surface area contributed by atoms with Crippen molar-refractivity contribution in [2.75, 3.05) is 20.7 Å². The second kappa shape index (κ2) is 10.2. The van der Waals surface area contributed by atoms with Gasteiger partial charge in [0.25, 0.3) is 10.1 Å². The Kier molecular flexibility index (Phi) is 8.57. The fourth-order valence-corrected chi connectivity index (χ4v) is 2.64. The summed E-state index contributed by atoms with van der Waals surface area (Å²) < 4.78 is 34.7. The van der Waals surface area contributed by atoms with Gasteiger partial charge in [0.15, 0.2) is 0 Å². The van der Waals surface area contributed by atoms with Crippen molar-refractivity contribution in [2.45, 2.75) is 31.3 Å². The Morgan fingerprint density at radius 1 is 1.31 bits per heavy atom. The van der Waals surface area contributed by atoms with E-state index in [0.29, 0.717) is 6.42 Å². The van der Waals surface area contributed by atoms with Crippen LogP contribution in [-0.4, -0.2) is 49.8 Å². The zero-order valence-electron chi connectivity index (χ0n) is 15.6. The summed E-state index contributed by atoms with van der Waals surface area (Å²) in [7, 11) is -0.346. The SMILES string of the molecule is COC1=CN(C)CC(C=CCC(C)O)=C1.Cc1ccc(S(=O)(=O)O)cc1.